The number of benzene rings is 3. The molecule has 0 saturated heterocycles. The van der Waals surface area contributed by atoms with E-state index in [0.717, 1.165) is 0 Å². The molecule has 7 rings (SSSR count). The van der Waals surface area contributed by atoms with Crippen LogP contribution in [0, 0.1) is 0 Å². The Labute approximate surface area is 186 Å². The van der Waals surface area contributed by atoms with Gasteiger partial charge in [0.15, 0.2) is 0 Å². The van der Waals surface area contributed by atoms with Gasteiger partial charge in [0.1, 0.15) is 0 Å². The van der Waals surface area contributed by atoms with Gasteiger partial charge in [0, 0.05) is 35.4 Å². The smallest absolute Gasteiger partial charge is 0.181 e. The highest BCUT2D eigenvalue weighted by atomic mass is 15.1. The molecule has 2 aliphatic heterocycles. The molecule has 3 aromatic carbocycles. The van der Waals surface area contributed by atoms with Crippen LogP contribution < -0.4 is 30.3 Å². The maximum absolute atomic E-state index is 2.47. The second-order valence-electron chi connectivity index (χ2n) is 8.58. The molecule has 3 aromatic rings. The first-order valence-electron chi connectivity index (χ1n) is 11.2. The minimum Gasteiger partial charge on any atom is -0.181 e. The number of hydrogen-bond donors (Lipinski definition) is 0. The van der Waals surface area contributed by atoms with Crippen LogP contribution in [0.5, 0.6) is 0 Å². The van der Waals surface area contributed by atoms with Gasteiger partial charge in [-0.05, 0) is 30.4 Å². The lowest BCUT2D eigenvalue weighted by atomic mass is 10.0. The third-order valence-corrected chi connectivity index (χ3v) is 6.89. The molecule has 2 atom stereocenters. The fraction of sp³-hybridized carbons (Fsp3) is 0.0667. The summed E-state index contributed by atoms with van der Waals surface area (Å²) in [6.07, 6.45) is 17.7. The highest BCUT2D eigenvalue weighted by Crippen LogP contribution is 2.28. The largest absolute Gasteiger partial charge is 0.214 e. The van der Waals surface area contributed by atoms with Crippen LogP contribution in [0.2, 0.25) is 0 Å². The number of fused-ring (bicyclic) bond motifs is 4. The predicted molar refractivity (Wildman–Crippen MR) is 131 cm³/mol. The van der Waals surface area contributed by atoms with Gasteiger partial charge in [-0.1, -0.05) is 60.7 Å². The summed E-state index contributed by atoms with van der Waals surface area (Å²) < 4.78 is 4.94. The second-order valence-corrected chi connectivity index (χ2v) is 8.58. The Hall–Kier alpha value is -4.04. The Balaban J connectivity index is 1.48. The van der Waals surface area contributed by atoms with Crippen LogP contribution in [-0.2, 0) is 0 Å². The first-order chi connectivity index (χ1) is 15.9. The molecule has 0 saturated carbocycles. The first kappa shape index (κ1) is 17.6. The van der Waals surface area contributed by atoms with Gasteiger partial charge in [0.2, 0.25) is 34.2 Å². The molecule has 0 amide bonds. The molecule has 0 N–H and O–H groups in total. The van der Waals surface area contributed by atoms with Crippen LogP contribution in [0.1, 0.15) is 0 Å². The molecule has 150 valence electrons. The van der Waals surface area contributed by atoms with Crippen LogP contribution in [0.4, 0.5) is 11.4 Å². The Kier molecular flexibility index (Phi) is 3.71. The molecule has 2 unspecified atom stereocenters. The normalized spacial score (nSPS) is 21.6. The van der Waals surface area contributed by atoms with E-state index in [1.54, 1.807) is 0 Å². The van der Waals surface area contributed by atoms with Crippen molar-refractivity contribution in [2.45, 2.75) is 12.1 Å². The molecule has 0 fully saturated rings. The molecule has 0 bridgehead atoms. The van der Waals surface area contributed by atoms with Gasteiger partial charge in [-0.3, -0.25) is 0 Å². The van der Waals surface area contributed by atoms with E-state index in [-0.39, 0.29) is 12.1 Å². The van der Waals surface area contributed by atoms with Crippen molar-refractivity contribution in [3.05, 3.63) is 143 Å². The Morgan fingerprint density at radius 3 is 1.53 bits per heavy atom. The summed E-state index contributed by atoms with van der Waals surface area (Å²) in [6, 6.07) is 27.0. The minimum absolute atomic E-state index is 0.234. The molecule has 0 radical (unpaired) electrons. The number of para-hydroxylation sites is 2. The van der Waals surface area contributed by atoms with Gasteiger partial charge in [-0.15, -0.1) is 0 Å². The van der Waals surface area contributed by atoms with Crippen LogP contribution in [0.3, 0.4) is 0 Å². The van der Waals surface area contributed by atoms with Gasteiger partial charge in [0.05, 0.1) is 16.5 Å². The highest BCUT2D eigenvalue weighted by molar-refractivity contribution is 5.73. The van der Waals surface area contributed by atoms with E-state index in [2.05, 4.69) is 131 Å². The molecule has 0 aromatic heterocycles. The molecule has 2 aliphatic carbocycles. The van der Waals surface area contributed by atoms with Crippen molar-refractivity contribution in [3.63, 3.8) is 0 Å². The quantitative estimate of drug-likeness (QED) is 0.573. The fourth-order valence-corrected chi connectivity index (χ4v) is 5.56. The molecular weight excluding hydrogens is 388 g/mol. The van der Waals surface area contributed by atoms with Gasteiger partial charge >= 0.3 is 0 Å². The zero-order chi connectivity index (χ0) is 21.1. The molecule has 4 aliphatic rings. The lowest BCUT2D eigenvalue weighted by Gasteiger charge is -2.13. The molecule has 32 heavy (non-hydrogen) atoms. The lowest BCUT2D eigenvalue weighted by Crippen LogP contribution is -2.35. The third-order valence-electron chi connectivity index (χ3n) is 6.89. The van der Waals surface area contributed by atoms with Crippen LogP contribution in [-0.4, -0.2) is 12.1 Å². The van der Waals surface area contributed by atoms with Gasteiger partial charge in [-0.25, -0.2) is 0 Å². The van der Waals surface area contributed by atoms with E-state index in [9.17, 15) is 0 Å². The average molecular weight is 411 g/mol. The summed E-state index contributed by atoms with van der Waals surface area (Å²) in [6.45, 7) is 0. The molecule has 2 heterocycles. The van der Waals surface area contributed by atoms with E-state index in [4.69, 9.17) is 0 Å². The van der Waals surface area contributed by atoms with Crippen molar-refractivity contribution in [2.75, 3.05) is 0 Å². The van der Waals surface area contributed by atoms with Crippen LogP contribution in [0.25, 0.3) is 11.1 Å². The van der Waals surface area contributed by atoms with Crippen LogP contribution in [0.15, 0.2) is 121 Å². The Morgan fingerprint density at radius 2 is 1.00 bits per heavy atom. The van der Waals surface area contributed by atoms with Crippen LogP contribution >= 0.6 is 0 Å². The zero-order valence-electron chi connectivity index (χ0n) is 17.6. The van der Waals surface area contributed by atoms with Gasteiger partial charge < -0.3 is 0 Å². The topological polar surface area (TPSA) is 6.02 Å². The average Bonchev–Trinajstić information content (AvgIpc) is 3.37. The SMILES string of the molecule is C1=CC2=c3ccccc3=[N+](c3cccc([N+]4=c5ccccc5=C5C=CC=CC54)c3)C2C=C1. The number of hydrogen-bond acceptors (Lipinski definition) is 0. The highest BCUT2D eigenvalue weighted by Gasteiger charge is 2.35. The summed E-state index contributed by atoms with van der Waals surface area (Å²) in [4.78, 5) is 0. The standard InChI is InChI=1S/C30H22N2/c1-5-16-27-23(12-1)24-13-2-6-17-28(24)31(27)21-10-9-11-22(20-21)32-29-18-7-3-14-25(29)26-15-4-8-19-30(26)32/h1-20,27,29H/q+2. The van der Waals surface area contributed by atoms with Crippen molar-refractivity contribution in [2.24, 2.45) is 0 Å². The summed E-state index contributed by atoms with van der Waals surface area (Å²) >= 11 is 0. The van der Waals surface area contributed by atoms with Gasteiger partial charge in [-0.2, -0.15) is 9.15 Å². The second kappa shape index (κ2) is 6.73. The van der Waals surface area contributed by atoms with E-state index >= 15 is 0 Å². The summed E-state index contributed by atoms with van der Waals surface area (Å²) in [5, 5.41) is 5.20. The summed E-state index contributed by atoms with van der Waals surface area (Å²) in [7, 11) is 0. The number of nitrogens with zero attached hydrogens (tertiary/aromatic N) is 2. The van der Waals surface area contributed by atoms with E-state index in [0.29, 0.717) is 0 Å². The van der Waals surface area contributed by atoms with E-state index in [1.165, 1.54) is 43.7 Å². The summed E-state index contributed by atoms with van der Waals surface area (Å²) in [5.74, 6) is 0. The third kappa shape index (κ3) is 2.41. The van der Waals surface area contributed by atoms with Crippen molar-refractivity contribution in [1.82, 2.24) is 9.15 Å². The number of allylic oxidation sites excluding steroid dienone is 4. The lowest BCUT2D eigenvalue weighted by molar-refractivity contribution is 0.726. The Bertz CT molecular complexity index is 1560. The van der Waals surface area contributed by atoms with E-state index in [1.807, 2.05) is 0 Å². The molecule has 0 spiro atoms. The van der Waals surface area contributed by atoms with Crippen molar-refractivity contribution < 1.29 is 0 Å². The molecular formula is C30H22N2+2. The summed E-state index contributed by atoms with van der Waals surface area (Å²) in [5.41, 5.74) is 5.18. The monoisotopic (exact) mass is 410 g/mol. The molecule has 2 nitrogen and oxygen atoms in total. The maximum Gasteiger partial charge on any atom is 0.214 e. The first-order valence-corrected chi connectivity index (χ1v) is 11.2. The maximum atomic E-state index is 2.47. The van der Waals surface area contributed by atoms with E-state index < -0.39 is 0 Å². The predicted octanol–water partition coefficient (Wildman–Crippen LogP) is 2.65. The minimum atomic E-state index is 0.234. The Morgan fingerprint density at radius 1 is 0.500 bits per heavy atom. The van der Waals surface area contributed by atoms with Crippen molar-refractivity contribution >= 4 is 22.5 Å². The van der Waals surface area contributed by atoms with Crippen molar-refractivity contribution in [3.8, 4) is 0 Å². The van der Waals surface area contributed by atoms with Gasteiger partial charge in [0.25, 0.3) is 0 Å². The molecule has 2 heteroatoms. The fourth-order valence-electron chi connectivity index (χ4n) is 5.56. The van der Waals surface area contributed by atoms with Crippen molar-refractivity contribution in [1.29, 1.82) is 0 Å². The zero-order valence-corrected chi connectivity index (χ0v) is 17.6. The number of rotatable bonds is 2.